The van der Waals surface area contributed by atoms with Crippen LogP contribution in [-0.2, 0) is 5.75 Å². The number of nitrogens with zero attached hydrogens (tertiary/aromatic N) is 1. The van der Waals surface area contributed by atoms with Crippen LogP contribution in [0.25, 0.3) is 0 Å². The zero-order valence-corrected chi connectivity index (χ0v) is 10.2. The summed E-state index contributed by atoms with van der Waals surface area (Å²) < 4.78 is 0.212. The summed E-state index contributed by atoms with van der Waals surface area (Å²) in [7, 11) is 0. The molecular formula is C11H17N3S. The molecule has 0 atom stereocenters. The Balaban J connectivity index is 2.81. The molecule has 82 valence electrons. The van der Waals surface area contributed by atoms with Gasteiger partial charge in [0.25, 0.3) is 0 Å². The maximum Gasteiger partial charge on any atom is 0.142 e. The molecule has 0 bridgehead atoms. The monoisotopic (exact) mass is 223 g/mol. The van der Waals surface area contributed by atoms with Crippen molar-refractivity contribution in [3.05, 3.63) is 29.6 Å². The van der Waals surface area contributed by atoms with Crippen LogP contribution >= 0.6 is 11.8 Å². The van der Waals surface area contributed by atoms with Crippen LogP contribution in [0.2, 0.25) is 0 Å². The number of nitrogens with two attached hydrogens (primary N) is 1. The first kappa shape index (κ1) is 12.0. The maximum absolute atomic E-state index is 7.42. The molecule has 0 spiro atoms. The molecule has 15 heavy (non-hydrogen) atoms. The van der Waals surface area contributed by atoms with Gasteiger partial charge in [0.1, 0.15) is 11.5 Å². The Morgan fingerprint density at radius 2 is 2.20 bits per heavy atom. The predicted octanol–water partition coefficient (Wildman–Crippen LogP) is 2.40. The van der Waals surface area contributed by atoms with Gasteiger partial charge in [-0.15, -0.1) is 0 Å². The van der Waals surface area contributed by atoms with Crippen molar-refractivity contribution in [2.45, 2.75) is 31.3 Å². The van der Waals surface area contributed by atoms with Crippen LogP contribution in [0.4, 0.5) is 0 Å². The summed E-state index contributed by atoms with van der Waals surface area (Å²) >= 11 is 1.83. The van der Waals surface area contributed by atoms with Crippen molar-refractivity contribution in [2.24, 2.45) is 5.73 Å². The Kier molecular flexibility index (Phi) is 3.74. The van der Waals surface area contributed by atoms with Crippen LogP contribution in [-0.4, -0.2) is 15.6 Å². The average molecular weight is 223 g/mol. The van der Waals surface area contributed by atoms with Crippen molar-refractivity contribution >= 4 is 17.6 Å². The predicted molar refractivity (Wildman–Crippen MR) is 66.3 cm³/mol. The molecule has 0 aliphatic rings. The molecule has 1 aromatic heterocycles. The minimum atomic E-state index is 0.0418. The highest BCUT2D eigenvalue weighted by Crippen LogP contribution is 2.27. The van der Waals surface area contributed by atoms with Crippen LogP contribution in [0.1, 0.15) is 32.0 Å². The molecule has 3 N–H and O–H groups in total. The van der Waals surface area contributed by atoms with Gasteiger partial charge in [0.2, 0.25) is 0 Å². The summed E-state index contributed by atoms with van der Waals surface area (Å²) in [5.74, 6) is 0.881. The Labute approximate surface area is 95.0 Å². The van der Waals surface area contributed by atoms with E-state index in [0.717, 1.165) is 11.3 Å². The number of amidine groups is 1. The second-order valence-electron chi connectivity index (χ2n) is 4.33. The Bertz CT molecular complexity index is 355. The summed E-state index contributed by atoms with van der Waals surface area (Å²) in [6.07, 6.45) is 1.67. The number of pyridine rings is 1. The van der Waals surface area contributed by atoms with E-state index in [4.69, 9.17) is 11.1 Å². The molecule has 1 rings (SSSR count). The molecule has 0 amide bonds. The fourth-order valence-corrected chi connectivity index (χ4v) is 1.91. The van der Waals surface area contributed by atoms with Crippen LogP contribution in [0, 0.1) is 5.41 Å². The third kappa shape index (κ3) is 3.91. The van der Waals surface area contributed by atoms with Crippen molar-refractivity contribution in [3.63, 3.8) is 0 Å². The van der Waals surface area contributed by atoms with Crippen LogP contribution in [0.5, 0.6) is 0 Å². The lowest BCUT2D eigenvalue weighted by Crippen LogP contribution is -2.16. The quantitative estimate of drug-likeness (QED) is 0.611. The Morgan fingerprint density at radius 1 is 1.53 bits per heavy atom. The fraction of sp³-hybridized carbons (Fsp3) is 0.455. The third-order valence-electron chi connectivity index (χ3n) is 1.81. The van der Waals surface area contributed by atoms with Gasteiger partial charge >= 0.3 is 0 Å². The highest BCUT2D eigenvalue weighted by atomic mass is 32.2. The summed E-state index contributed by atoms with van der Waals surface area (Å²) in [6.45, 7) is 6.50. The Hall–Kier alpha value is -1.03. The Morgan fingerprint density at radius 3 is 2.73 bits per heavy atom. The van der Waals surface area contributed by atoms with E-state index in [1.807, 2.05) is 23.9 Å². The lowest BCUT2D eigenvalue weighted by atomic mass is 10.2. The molecule has 0 saturated heterocycles. The number of nitrogen functional groups attached to an aromatic ring is 1. The molecule has 4 heteroatoms. The van der Waals surface area contributed by atoms with Gasteiger partial charge in [-0.3, -0.25) is 10.4 Å². The lowest BCUT2D eigenvalue weighted by Gasteiger charge is -2.18. The minimum absolute atomic E-state index is 0.0418. The number of rotatable bonds is 3. The second kappa shape index (κ2) is 4.66. The van der Waals surface area contributed by atoms with Gasteiger partial charge in [-0.1, -0.05) is 26.8 Å². The van der Waals surface area contributed by atoms with E-state index in [9.17, 15) is 0 Å². The van der Waals surface area contributed by atoms with Gasteiger partial charge in [-0.25, -0.2) is 0 Å². The SMILES string of the molecule is CC(C)(C)SCc1cccnc1C(=N)N. The minimum Gasteiger partial charge on any atom is -0.382 e. The zero-order chi connectivity index (χ0) is 11.5. The first-order chi connectivity index (χ1) is 6.90. The standard InChI is InChI=1S/C11H17N3S/c1-11(2,3)15-7-8-5-4-6-14-9(8)10(12)13/h4-6H,7H2,1-3H3,(H3,12,13). The van der Waals surface area contributed by atoms with Crippen LogP contribution in [0.3, 0.4) is 0 Å². The van der Waals surface area contributed by atoms with Crippen molar-refractivity contribution in [1.29, 1.82) is 5.41 Å². The molecule has 0 radical (unpaired) electrons. The highest BCUT2D eigenvalue weighted by Gasteiger charge is 2.13. The topological polar surface area (TPSA) is 62.8 Å². The van der Waals surface area contributed by atoms with Gasteiger partial charge in [0, 0.05) is 16.7 Å². The van der Waals surface area contributed by atoms with Gasteiger partial charge in [-0.2, -0.15) is 11.8 Å². The van der Waals surface area contributed by atoms with Crippen LogP contribution < -0.4 is 5.73 Å². The van der Waals surface area contributed by atoms with Gasteiger partial charge in [0.15, 0.2) is 0 Å². The van der Waals surface area contributed by atoms with E-state index in [2.05, 4.69) is 25.8 Å². The van der Waals surface area contributed by atoms with Crippen molar-refractivity contribution < 1.29 is 0 Å². The number of hydrogen-bond donors (Lipinski definition) is 2. The van der Waals surface area contributed by atoms with Gasteiger partial charge in [0.05, 0.1) is 0 Å². The van der Waals surface area contributed by atoms with Crippen molar-refractivity contribution in [3.8, 4) is 0 Å². The highest BCUT2D eigenvalue weighted by molar-refractivity contribution is 7.99. The second-order valence-corrected chi connectivity index (χ2v) is 6.13. The van der Waals surface area contributed by atoms with Crippen LogP contribution in [0.15, 0.2) is 18.3 Å². The molecule has 3 nitrogen and oxygen atoms in total. The summed E-state index contributed by atoms with van der Waals surface area (Å²) in [5.41, 5.74) is 7.10. The summed E-state index contributed by atoms with van der Waals surface area (Å²) in [4.78, 5) is 4.12. The number of hydrogen-bond acceptors (Lipinski definition) is 3. The molecular weight excluding hydrogens is 206 g/mol. The van der Waals surface area contributed by atoms with E-state index in [-0.39, 0.29) is 10.6 Å². The van der Waals surface area contributed by atoms with Crippen molar-refractivity contribution in [2.75, 3.05) is 0 Å². The number of nitrogens with one attached hydrogen (secondary N) is 1. The third-order valence-corrected chi connectivity index (χ3v) is 3.13. The van der Waals surface area contributed by atoms with E-state index >= 15 is 0 Å². The van der Waals surface area contributed by atoms with E-state index < -0.39 is 0 Å². The largest absolute Gasteiger partial charge is 0.382 e. The molecule has 0 aliphatic heterocycles. The maximum atomic E-state index is 7.42. The lowest BCUT2D eigenvalue weighted by molar-refractivity contribution is 0.802. The zero-order valence-electron chi connectivity index (χ0n) is 9.37. The summed E-state index contributed by atoms with van der Waals surface area (Å²) in [6, 6.07) is 3.85. The first-order valence-electron chi connectivity index (χ1n) is 4.82. The van der Waals surface area contributed by atoms with E-state index in [0.29, 0.717) is 5.69 Å². The van der Waals surface area contributed by atoms with Crippen molar-refractivity contribution in [1.82, 2.24) is 4.98 Å². The fourth-order valence-electron chi connectivity index (χ4n) is 1.09. The van der Waals surface area contributed by atoms with Gasteiger partial charge in [-0.05, 0) is 11.6 Å². The first-order valence-corrected chi connectivity index (χ1v) is 5.81. The van der Waals surface area contributed by atoms with E-state index in [1.54, 1.807) is 6.20 Å². The van der Waals surface area contributed by atoms with E-state index in [1.165, 1.54) is 0 Å². The molecule has 0 aliphatic carbocycles. The molecule has 0 aromatic carbocycles. The van der Waals surface area contributed by atoms with Gasteiger partial charge < -0.3 is 5.73 Å². The normalized spacial score (nSPS) is 11.4. The molecule has 0 saturated carbocycles. The smallest absolute Gasteiger partial charge is 0.142 e. The molecule has 1 aromatic rings. The summed E-state index contributed by atoms with van der Waals surface area (Å²) in [5, 5.41) is 7.42. The number of thioether (sulfide) groups is 1. The molecule has 0 fully saturated rings. The molecule has 0 unspecified atom stereocenters. The molecule has 1 heterocycles. The number of aromatic nitrogens is 1. The average Bonchev–Trinajstić information content (AvgIpc) is 2.14.